The molecule has 0 spiro atoms. The van der Waals surface area contributed by atoms with Crippen LogP contribution in [0, 0.1) is 11.3 Å². The van der Waals surface area contributed by atoms with Crippen LogP contribution in [-0.4, -0.2) is 14.5 Å². The van der Waals surface area contributed by atoms with E-state index in [1.165, 1.54) is 6.42 Å². The van der Waals surface area contributed by atoms with Gasteiger partial charge in [0.15, 0.2) is 8.24 Å². The summed E-state index contributed by atoms with van der Waals surface area (Å²) < 4.78 is 0. The monoisotopic (exact) mass is 270 g/mol. The molecule has 0 aliphatic carbocycles. The first-order valence-corrected chi connectivity index (χ1v) is 10.1. The summed E-state index contributed by atoms with van der Waals surface area (Å²) in [6, 6.07) is 0. The van der Waals surface area contributed by atoms with E-state index in [0.29, 0.717) is 16.4 Å². The van der Waals surface area contributed by atoms with E-state index in [4.69, 9.17) is 0 Å². The summed E-state index contributed by atoms with van der Waals surface area (Å²) in [5.74, 6) is 0.704. The fraction of sp³-hybridized carbons (Fsp3) is 0.933. The van der Waals surface area contributed by atoms with Crippen LogP contribution in [0.2, 0.25) is 18.1 Å². The summed E-state index contributed by atoms with van der Waals surface area (Å²) in [5, 5.41) is 8.23. The smallest absolute Gasteiger partial charge is 0.173 e. The van der Waals surface area contributed by atoms with Gasteiger partial charge in [-0.25, -0.2) is 5.10 Å². The Morgan fingerprint density at radius 2 is 1.61 bits per heavy atom. The molecule has 18 heavy (non-hydrogen) atoms. The van der Waals surface area contributed by atoms with Crippen LogP contribution in [-0.2, 0) is 0 Å². The molecule has 2 nitrogen and oxygen atoms in total. The third-order valence-electron chi connectivity index (χ3n) is 3.78. The fourth-order valence-corrected chi connectivity index (χ4v) is 2.49. The van der Waals surface area contributed by atoms with Crippen LogP contribution in [0.3, 0.4) is 0 Å². The van der Waals surface area contributed by atoms with E-state index in [2.05, 4.69) is 78.0 Å². The van der Waals surface area contributed by atoms with Crippen LogP contribution in [0.15, 0.2) is 5.10 Å². The summed E-state index contributed by atoms with van der Waals surface area (Å²) in [6.45, 7) is 20.8. The van der Waals surface area contributed by atoms with Crippen LogP contribution in [0.25, 0.3) is 0 Å². The molecule has 0 radical (unpaired) electrons. The Morgan fingerprint density at radius 1 is 1.11 bits per heavy atom. The number of hydrogen-bond donors (Lipinski definition) is 1. The molecule has 0 fully saturated rings. The van der Waals surface area contributed by atoms with Gasteiger partial charge in [-0.05, 0) is 42.3 Å². The van der Waals surface area contributed by atoms with Crippen molar-refractivity contribution in [1.82, 2.24) is 5.09 Å². The molecule has 1 unspecified atom stereocenters. The molecule has 0 heterocycles. The maximum Gasteiger partial charge on any atom is 0.173 e. The van der Waals surface area contributed by atoms with Gasteiger partial charge in [-0.2, -0.15) is 0 Å². The van der Waals surface area contributed by atoms with Crippen molar-refractivity contribution in [3.63, 3.8) is 0 Å². The van der Waals surface area contributed by atoms with E-state index in [9.17, 15) is 0 Å². The molecular weight excluding hydrogens is 236 g/mol. The summed E-state index contributed by atoms with van der Waals surface area (Å²) in [6.07, 6.45) is 4.38. The predicted molar refractivity (Wildman–Crippen MR) is 86.7 cm³/mol. The minimum Gasteiger partial charge on any atom is -0.337 e. The van der Waals surface area contributed by atoms with Gasteiger partial charge >= 0.3 is 0 Å². The van der Waals surface area contributed by atoms with Gasteiger partial charge in [0.1, 0.15) is 0 Å². The second-order valence-corrected chi connectivity index (χ2v) is 13.4. The van der Waals surface area contributed by atoms with E-state index in [1.54, 1.807) is 0 Å². The molecule has 0 amide bonds. The van der Waals surface area contributed by atoms with Crippen LogP contribution in [0.5, 0.6) is 0 Å². The fourth-order valence-electron chi connectivity index (χ4n) is 1.74. The highest BCUT2D eigenvalue weighted by atomic mass is 28.3. The molecule has 1 N–H and O–H groups in total. The molecule has 3 heteroatoms. The molecule has 0 bridgehead atoms. The standard InChI is InChI=1S/C15H34N2Si/c1-13(12-14(2,3)4)10-11-16-17-18(8,9)15(5,6)7/h11,13,17H,10,12H2,1-9H3/b16-11+. The molecule has 0 aromatic rings. The lowest BCUT2D eigenvalue weighted by Crippen LogP contribution is -2.49. The van der Waals surface area contributed by atoms with E-state index in [-0.39, 0.29) is 0 Å². The first-order valence-electron chi connectivity index (χ1n) is 7.14. The first kappa shape index (κ1) is 17.7. The lowest BCUT2D eigenvalue weighted by Gasteiger charge is -2.35. The van der Waals surface area contributed by atoms with Gasteiger partial charge in [0, 0.05) is 6.21 Å². The zero-order chi connectivity index (χ0) is 14.6. The van der Waals surface area contributed by atoms with Gasteiger partial charge in [0.25, 0.3) is 0 Å². The van der Waals surface area contributed by atoms with Crippen molar-refractivity contribution in [2.45, 2.75) is 79.4 Å². The van der Waals surface area contributed by atoms with Crippen molar-refractivity contribution in [2.24, 2.45) is 16.4 Å². The first-order chi connectivity index (χ1) is 7.85. The highest BCUT2D eigenvalue weighted by Gasteiger charge is 2.35. The Bertz CT molecular complexity index is 269. The van der Waals surface area contributed by atoms with E-state index >= 15 is 0 Å². The van der Waals surface area contributed by atoms with Crippen LogP contribution < -0.4 is 5.09 Å². The van der Waals surface area contributed by atoms with Gasteiger partial charge in [-0.1, -0.05) is 48.5 Å². The normalized spacial score (nSPS) is 16.1. The van der Waals surface area contributed by atoms with Crippen molar-refractivity contribution < 1.29 is 0 Å². The molecule has 0 rings (SSSR count). The van der Waals surface area contributed by atoms with Gasteiger partial charge < -0.3 is 5.09 Å². The molecule has 0 saturated carbocycles. The molecule has 0 saturated heterocycles. The molecule has 1 atom stereocenters. The number of nitrogens with zero attached hydrogens (tertiary/aromatic N) is 1. The lowest BCUT2D eigenvalue weighted by molar-refractivity contribution is 0.313. The van der Waals surface area contributed by atoms with E-state index in [0.717, 1.165) is 6.42 Å². The Kier molecular flexibility index (Phi) is 6.12. The Morgan fingerprint density at radius 3 is 2.00 bits per heavy atom. The van der Waals surface area contributed by atoms with Gasteiger partial charge in [0.2, 0.25) is 0 Å². The second kappa shape index (κ2) is 6.22. The van der Waals surface area contributed by atoms with Gasteiger partial charge in [0.05, 0.1) is 0 Å². The maximum atomic E-state index is 4.47. The molecule has 0 aliphatic rings. The molecule has 0 aliphatic heterocycles. The van der Waals surface area contributed by atoms with Crippen LogP contribution in [0.4, 0.5) is 0 Å². The van der Waals surface area contributed by atoms with Crippen molar-refractivity contribution in [2.75, 3.05) is 0 Å². The number of hydrogen-bond acceptors (Lipinski definition) is 2. The predicted octanol–water partition coefficient (Wildman–Crippen LogP) is 5.03. The summed E-state index contributed by atoms with van der Waals surface area (Å²) >= 11 is 0. The molecular formula is C15H34N2Si. The third-order valence-corrected chi connectivity index (χ3v) is 8.22. The highest BCUT2D eigenvalue weighted by Crippen LogP contribution is 2.33. The molecule has 0 aromatic heterocycles. The average molecular weight is 271 g/mol. The third kappa shape index (κ3) is 7.19. The lowest BCUT2D eigenvalue weighted by atomic mass is 9.84. The Hall–Kier alpha value is -0.313. The molecule has 108 valence electrons. The van der Waals surface area contributed by atoms with Gasteiger partial charge in [-0.3, -0.25) is 0 Å². The number of rotatable bonds is 5. The maximum absolute atomic E-state index is 4.47. The number of hydrazone groups is 1. The average Bonchev–Trinajstić information content (AvgIpc) is 2.07. The van der Waals surface area contributed by atoms with Crippen molar-refractivity contribution in [3.8, 4) is 0 Å². The SMILES string of the molecule is CC(C/C=N/N[Si](C)(C)C(C)(C)C)CC(C)(C)C. The minimum absolute atomic E-state index is 0.335. The van der Waals surface area contributed by atoms with Crippen LogP contribution >= 0.6 is 0 Å². The second-order valence-electron chi connectivity index (χ2n) is 8.40. The van der Waals surface area contributed by atoms with Crippen molar-refractivity contribution >= 4 is 14.5 Å². The zero-order valence-corrected chi connectivity index (χ0v) is 15.0. The highest BCUT2D eigenvalue weighted by molar-refractivity contribution is 6.77. The van der Waals surface area contributed by atoms with Crippen LogP contribution in [0.1, 0.15) is 61.3 Å². The number of nitrogens with one attached hydrogen (secondary N) is 1. The van der Waals surface area contributed by atoms with E-state index < -0.39 is 8.24 Å². The minimum atomic E-state index is -1.47. The van der Waals surface area contributed by atoms with E-state index in [1.807, 2.05) is 0 Å². The largest absolute Gasteiger partial charge is 0.337 e. The quantitative estimate of drug-likeness (QED) is 0.423. The van der Waals surface area contributed by atoms with Gasteiger partial charge in [-0.15, -0.1) is 0 Å². The summed E-state index contributed by atoms with van der Waals surface area (Å²) in [4.78, 5) is 0. The van der Waals surface area contributed by atoms with Crippen molar-refractivity contribution in [1.29, 1.82) is 0 Å². The topological polar surface area (TPSA) is 24.4 Å². The summed E-state index contributed by atoms with van der Waals surface area (Å²) in [5.41, 5.74) is 0.417. The van der Waals surface area contributed by atoms with Crippen molar-refractivity contribution in [3.05, 3.63) is 0 Å². The molecule has 0 aromatic carbocycles. The Labute approximate surface area is 116 Å². The summed E-state index contributed by atoms with van der Waals surface area (Å²) in [7, 11) is -1.47. The Balaban J connectivity index is 4.13. The zero-order valence-electron chi connectivity index (χ0n) is 14.0.